The Kier molecular flexibility index (Phi) is 5.04. The van der Waals surface area contributed by atoms with Crippen molar-refractivity contribution in [3.05, 3.63) is 11.7 Å². The molecule has 1 aromatic rings. The summed E-state index contributed by atoms with van der Waals surface area (Å²) in [6, 6.07) is 0. The average molecular weight is 268 g/mol. The Morgan fingerprint density at radius 1 is 1.50 bits per heavy atom. The van der Waals surface area contributed by atoms with E-state index in [0.717, 1.165) is 0 Å². The van der Waals surface area contributed by atoms with Crippen molar-refractivity contribution in [3.8, 4) is 0 Å². The minimum absolute atomic E-state index is 0.00451. The van der Waals surface area contributed by atoms with Crippen LogP contribution in [-0.2, 0) is 22.7 Å². The molecule has 1 aromatic heterocycles. The molecule has 0 unspecified atom stereocenters. The molecule has 0 saturated heterocycles. The van der Waals surface area contributed by atoms with Gasteiger partial charge in [-0.1, -0.05) is 5.16 Å². The second kappa shape index (κ2) is 6.31. The number of amides is 1. The monoisotopic (exact) mass is 268 g/mol. The van der Waals surface area contributed by atoms with Gasteiger partial charge in [0.1, 0.15) is 13.2 Å². The zero-order valence-corrected chi connectivity index (χ0v) is 9.16. The van der Waals surface area contributed by atoms with Crippen LogP contribution in [0.1, 0.15) is 11.7 Å². The molecule has 3 N–H and O–H groups in total. The van der Waals surface area contributed by atoms with Crippen LogP contribution < -0.4 is 11.1 Å². The summed E-state index contributed by atoms with van der Waals surface area (Å²) >= 11 is 0. The number of carbonyl (C=O) groups excluding carboxylic acids is 1. The number of primary amides is 1. The second-order valence-electron chi connectivity index (χ2n) is 3.28. The van der Waals surface area contributed by atoms with Gasteiger partial charge in [0.15, 0.2) is 5.82 Å². The van der Waals surface area contributed by atoms with Crippen molar-refractivity contribution in [3.63, 3.8) is 0 Å². The smallest absolute Gasteiger partial charge is 0.369 e. The van der Waals surface area contributed by atoms with Gasteiger partial charge in [0.2, 0.25) is 11.8 Å². The first-order chi connectivity index (χ1) is 8.37. The number of nitrogens with zero attached hydrogens (tertiary/aromatic N) is 2. The van der Waals surface area contributed by atoms with E-state index in [1.807, 2.05) is 0 Å². The molecule has 10 heteroatoms. The molecule has 0 atom stereocenters. The van der Waals surface area contributed by atoms with Gasteiger partial charge in [0.05, 0.1) is 13.1 Å². The maximum atomic E-state index is 11.8. The minimum Gasteiger partial charge on any atom is -0.369 e. The van der Waals surface area contributed by atoms with Crippen molar-refractivity contribution in [1.29, 1.82) is 0 Å². The molecule has 7 nitrogen and oxygen atoms in total. The summed E-state index contributed by atoms with van der Waals surface area (Å²) in [5, 5.41) is 6.00. The lowest BCUT2D eigenvalue weighted by Crippen LogP contribution is -2.28. The molecule has 0 spiro atoms. The summed E-state index contributed by atoms with van der Waals surface area (Å²) in [6.07, 6.45) is -4.39. The van der Waals surface area contributed by atoms with E-state index in [2.05, 4.69) is 20.2 Å². The number of nitrogens with one attached hydrogen (secondary N) is 1. The number of aromatic nitrogens is 2. The van der Waals surface area contributed by atoms with Crippen molar-refractivity contribution < 1.29 is 27.2 Å². The molecule has 0 bridgehead atoms. The summed E-state index contributed by atoms with van der Waals surface area (Å²) in [5.41, 5.74) is 4.87. The first-order valence-corrected chi connectivity index (χ1v) is 4.82. The van der Waals surface area contributed by atoms with Crippen molar-refractivity contribution in [2.75, 3.05) is 13.2 Å². The van der Waals surface area contributed by atoms with Gasteiger partial charge in [-0.2, -0.15) is 18.2 Å². The molecule has 0 aromatic carbocycles. The summed E-state index contributed by atoms with van der Waals surface area (Å²) in [5.74, 6) is -0.430. The Morgan fingerprint density at radius 3 is 2.83 bits per heavy atom. The molecule has 0 aliphatic rings. The molecule has 0 aliphatic carbocycles. The highest BCUT2D eigenvalue weighted by molar-refractivity contribution is 5.75. The van der Waals surface area contributed by atoms with Crippen LogP contribution in [-0.4, -0.2) is 35.4 Å². The Morgan fingerprint density at radius 2 is 2.22 bits per heavy atom. The number of hydrogen-bond acceptors (Lipinski definition) is 6. The Labute approximate surface area is 99.5 Å². The molecule has 0 aliphatic heterocycles. The van der Waals surface area contributed by atoms with Gasteiger partial charge < -0.3 is 15.0 Å². The van der Waals surface area contributed by atoms with E-state index in [1.54, 1.807) is 0 Å². The van der Waals surface area contributed by atoms with E-state index >= 15 is 0 Å². The van der Waals surface area contributed by atoms with E-state index in [4.69, 9.17) is 10.3 Å². The molecule has 1 heterocycles. The maximum absolute atomic E-state index is 11.8. The van der Waals surface area contributed by atoms with Crippen LogP contribution in [0.25, 0.3) is 0 Å². The number of halogens is 3. The quantitative estimate of drug-likeness (QED) is 0.705. The van der Waals surface area contributed by atoms with E-state index in [0.29, 0.717) is 0 Å². The fourth-order valence-electron chi connectivity index (χ4n) is 0.971. The van der Waals surface area contributed by atoms with E-state index in [-0.39, 0.29) is 24.8 Å². The van der Waals surface area contributed by atoms with Gasteiger partial charge in [0.25, 0.3) is 0 Å². The molecule has 0 saturated carbocycles. The van der Waals surface area contributed by atoms with Crippen LogP contribution in [0.5, 0.6) is 0 Å². The molecule has 1 rings (SSSR count). The fourth-order valence-corrected chi connectivity index (χ4v) is 0.971. The van der Waals surface area contributed by atoms with Crippen molar-refractivity contribution in [2.24, 2.45) is 5.73 Å². The van der Waals surface area contributed by atoms with E-state index < -0.39 is 25.3 Å². The molecular weight excluding hydrogens is 257 g/mol. The van der Waals surface area contributed by atoms with E-state index in [9.17, 15) is 18.0 Å². The van der Waals surface area contributed by atoms with Crippen LogP contribution in [0, 0.1) is 0 Å². The SMILES string of the molecule is NC(=O)CNCc1nc(COCC(F)(F)F)no1. The first kappa shape index (κ1) is 14.4. The lowest BCUT2D eigenvalue weighted by molar-refractivity contribution is -0.177. The highest BCUT2D eigenvalue weighted by Gasteiger charge is 2.27. The maximum Gasteiger partial charge on any atom is 0.411 e. The second-order valence-corrected chi connectivity index (χ2v) is 3.28. The van der Waals surface area contributed by atoms with Crippen LogP contribution in [0.2, 0.25) is 0 Å². The predicted molar refractivity (Wildman–Crippen MR) is 50.9 cm³/mol. The predicted octanol–water partition coefficient (Wildman–Crippen LogP) is -0.277. The van der Waals surface area contributed by atoms with Crippen LogP contribution in [0.4, 0.5) is 13.2 Å². The number of nitrogens with two attached hydrogens (primary N) is 1. The van der Waals surface area contributed by atoms with Gasteiger partial charge in [-0.15, -0.1) is 0 Å². The van der Waals surface area contributed by atoms with Crippen LogP contribution >= 0.6 is 0 Å². The summed E-state index contributed by atoms with van der Waals surface area (Å²) < 4.78 is 44.3. The number of carbonyl (C=O) groups is 1. The molecule has 0 radical (unpaired) electrons. The number of hydrogen-bond donors (Lipinski definition) is 2. The molecular formula is C8H11F3N4O3. The molecule has 0 fully saturated rings. The minimum atomic E-state index is -4.39. The summed E-state index contributed by atoms with van der Waals surface area (Å²) in [6.45, 7) is -1.76. The first-order valence-electron chi connectivity index (χ1n) is 4.82. The van der Waals surface area contributed by atoms with Crippen molar-refractivity contribution in [2.45, 2.75) is 19.3 Å². The van der Waals surface area contributed by atoms with Crippen LogP contribution in [0.15, 0.2) is 4.52 Å². The Bertz CT molecular complexity index is 393. The zero-order valence-electron chi connectivity index (χ0n) is 9.16. The summed E-state index contributed by atoms with van der Waals surface area (Å²) in [7, 11) is 0. The van der Waals surface area contributed by atoms with Gasteiger partial charge in [0, 0.05) is 0 Å². The number of rotatable bonds is 7. The van der Waals surface area contributed by atoms with Gasteiger partial charge in [-0.05, 0) is 0 Å². The molecule has 18 heavy (non-hydrogen) atoms. The average Bonchev–Trinajstić information content (AvgIpc) is 2.63. The zero-order chi connectivity index (χ0) is 13.6. The Balaban J connectivity index is 2.28. The number of alkyl halides is 3. The fraction of sp³-hybridized carbons (Fsp3) is 0.625. The number of ether oxygens (including phenoxy) is 1. The van der Waals surface area contributed by atoms with Crippen LogP contribution in [0.3, 0.4) is 0 Å². The Hall–Kier alpha value is -1.68. The third-order valence-electron chi connectivity index (χ3n) is 1.58. The largest absolute Gasteiger partial charge is 0.411 e. The standard InChI is InChI=1S/C8H11F3N4O3/c9-8(10,11)4-17-3-6-14-7(18-15-6)2-13-1-5(12)16/h13H,1-4H2,(H2,12,16). The lowest BCUT2D eigenvalue weighted by Gasteiger charge is -2.04. The highest BCUT2D eigenvalue weighted by atomic mass is 19.4. The third-order valence-corrected chi connectivity index (χ3v) is 1.58. The third kappa shape index (κ3) is 6.15. The molecule has 1 amide bonds. The van der Waals surface area contributed by atoms with Gasteiger partial charge >= 0.3 is 6.18 Å². The molecule has 102 valence electrons. The van der Waals surface area contributed by atoms with E-state index in [1.165, 1.54) is 0 Å². The highest BCUT2D eigenvalue weighted by Crippen LogP contribution is 2.15. The van der Waals surface area contributed by atoms with Gasteiger partial charge in [-0.3, -0.25) is 10.1 Å². The van der Waals surface area contributed by atoms with Crippen molar-refractivity contribution in [1.82, 2.24) is 15.5 Å². The normalized spacial score (nSPS) is 11.7. The topological polar surface area (TPSA) is 103 Å². The summed E-state index contributed by atoms with van der Waals surface area (Å²) in [4.78, 5) is 14.1. The van der Waals surface area contributed by atoms with Crippen molar-refractivity contribution >= 4 is 5.91 Å². The lowest BCUT2D eigenvalue weighted by atomic mass is 10.5. The van der Waals surface area contributed by atoms with Gasteiger partial charge in [-0.25, -0.2) is 0 Å².